The topological polar surface area (TPSA) is 90.0 Å². The lowest BCUT2D eigenvalue weighted by Gasteiger charge is -2.07. The van der Waals surface area contributed by atoms with E-state index in [0.29, 0.717) is 11.1 Å². The number of aryl methyl sites for hydroxylation is 2. The van der Waals surface area contributed by atoms with Gasteiger partial charge in [-0.25, -0.2) is 9.37 Å². The Morgan fingerprint density at radius 1 is 1.17 bits per heavy atom. The molecule has 122 valence electrons. The minimum Gasteiger partial charge on any atom is -0.366 e. The molecule has 0 saturated carbocycles. The second-order valence-electron chi connectivity index (χ2n) is 5.43. The van der Waals surface area contributed by atoms with Gasteiger partial charge in [0.05, 0.1) is 16.7 Å². The summed E-state index contributed by atoms with van der Waals surface area (Å²) in [7, 11) is 1.89. The molecule has 6 nitrogen and oxygen atoms in total. The lowest BCUT2D eigenvalue weighted by molar-refractivity contribution is 0.0998. The van der Waals surface area contributed by atoms with Gasteiger partial charge >= 0.3 is 0 Å². The van der Waals surface area contributed by atoms with Gasteiger partial charge < -0.3 is 15.6 Å². The third-order valence-electron chi connectivity index (χ3n) is 3.87. The first-order valence-corrected chi connectivity index (χ1v) is 7.20. The van der Waals surface area contributed by atoms with Crippen LogP contribution in [0.4, 0.5) is 10.1 Å². The molecule has 0 fully saturated rings. The first-order valence-electron chi connectivity index (χ1n) is 7.20. The number of hydrogen-bond acceptors (Lipinski definition) is 3. The van der Waals surface area contributed by atoms with Gasteiger partial charge in [-0.2, -0.15) is 0 Å². The fourth-order valence-corrected chi connectivity index (χ4v) is 2.43. The van der Waals surface area contributed by atoms with Crippen molar-refractivity contribution in [3.63, 3.8) is 0 Å². The van der Waals surface area contributed by atoms with E-state index in [4.69, 9.17) is 5.73 Å². The van der Waals surface area contributed by atoms with Gasteiger partial charge in [0, 0.05) is 18.2 Å². The molecule has 0 aliphatic carbocycles. The number of rotatable bonds is 3. The van der Waals surface area contributed by atoms with Crippen molar-refractivity contribution in [1.82, 2.24) is 9.55 Å². The van der Waals surface area contributed by atoms with Gasteiger partial charge in [0.15, 0.2) is 0 Å². The Bertz CT molecular complexity index is 978. The predicted octanol–water partition coefficient (Wildman–Crippen LogP) is 2.37. The van der Waals surface area contributed by atoms with E-state index in [1.807, 2.05) is 18.5 Å². The Hall–Kier alpha value is -3.22. The molecule has 3 aromatic rings. The van der Waals surface area contributed by atoms with Crippen LogP contribution in [0.1, 0.15) is 26.5 Å². The van der Waals surface area contributed by atoms with Crippen molar-refractivity contribution in [3.8, 4) is 0 Å². The van der Waals surface area contributed by atoms with Gasteiger partial charge in [0.1, 0.15) is 11.6 Å². The first kappa shape index (κ1) is 15.7. The summed E-state index contributed by atoms with van der Waals surface area (Å²) >= 11 is 0. The number of carbonyl (C=O) groups is 2. The maximum atomic E-state index is 14.0. The van der Waals surface area contributed by atoms with E-state index in [2.05, 4.69) is 10.3 Å². The van der Waals surface area contributed by atoms with Gasteiger partial charge in [-0.3, -0.25) is 9.59 Å². The zero-order valence-corrected chi connectivity index (χ0v) is 13.1. The summed E-state index contributed by atoms with van der Waals surface area (Å²) in [5.74, 6) is -1.10. The molecule has 3 rings (SSSR count). The van der Waals surface area contributed by atoms with E-state index in [-0.39, 0.29) is 11.3 Å². The summed E-state index contributed by atoms with van der Waals surface area (Å²) in [5.41, 5.74) is 7.05. The number of hydrogen-bond donors (Lipinski definition) is 2. The lowest BCUT2D eigenvalue weighted by Crippen LogP contribution is -2.15. The van der Waals surface area contributed by atoms with Gasteiger partial charge in [0.25, 0.3) is 5.91 Å². The van der Waals surface area contributed by atoms with Crippen LogP contribution < -0.4 is 11.1 Å². The van der Waals surface area contributed by atoms with Gasteiger partial charge in [-0.15, -0.1) is 0 Å². The molecule has 0 spiro atoms. The third-order valence-corrected chi connectivity index (χ3v) is 3.87. The molecule has 0 atom stereocenters. The van der Waals surface area contributed by atoms with Crippen LogP contribution >= 0.6 is 0 Å². The molecular formula is C17H15FN4O2. The minimum atomic E-state index is -0.734. The zero-order chi connectivity index (χ0) is 17.4. The highest BCUT2D eigenvalue weighted by Gasteiger charge is 2.13. The normalized spacial score (nSPS) is 10.8. The number of imidazole rings is 1. The number of halogens is 1. The van der Waals surface area contributed by atoms with E-state index in [1.165, 1.54) is 12.1 Å². The number of nitrogens with two attached hydrogens (primary N) is 1. The summed E-state index contributed by atoms with van der Waals surface area (Å²) < 4.78 is 15.9. The van der Waals surface area contributed by atoms with Crippen molar-refractivity contribution in [2.45, 2.75) is 6.92 Å². The molecular weight excluding hydrogens is 311 g/mol. The molecule has 24 heavy (non-hydrogen) atoms. The molecule has 0 aliphatic heterocycles. The summed E-state index contributed by atoms with van der Waals surface area (Å²) in [4.78, 5) is 27.7. The quantitative estimate of drug-likeness (QED) is 0.774. The van der Waals surface area contributed by atoms with Gasteiger partial charge in [-0.05, 0) is 43.3 Å². The standard InChI is InChI=1S/C17H15FN4O2/c1-9-20-14-8-11(4-6-15(14)22(9)2)17(24)21-13-5-3-10(16(19)23)7-12(13)18/h3-8H,1-2H3,(H2,19,23)(H,21,24). The molecule has 0 radical (unpaired) electrons. The third kappa shape index (κ3) is 2.71. The Morgan fingerprint density at radius 2 is 1.88 bits per heavy atom. The van der Waals surface area contributed by atoms with Gasteiger partial charge in [0.2, 0.25) is 5.91 Å². The Labute approximate surface area is 137 Å². The minimum absolute atomic E-state index is 0.0256. The zero-order valence-electron chi connectivity index (χ0n) is 13.1. The Kier molecular flexibility index (Phi) is 3.76. The molecule has 2 amide bonds. The number of primary amides is 1. The molecule has 0 aliphatic rings. The van der Waals surface area contributed by atoms with E-state index in [9.17, 15) is 14.0 Å². The number of carbonyl (C=O) groups excluding carboxylic acids is 2. The van der Waals surface area contributed by atoms with Crippen molar-refractivity contribution >= 4 is 28.5 Å². The number of nitrogens with zero attached hydrogens (tertiary/aromatic N) is 2. The molecule has 0 unspecified atom stereocenters. The number of nitrogens with one attached hydrogen (secondary N) is 1. The highest BCUT2D eigenvalue weighted by atomic mass is 19.1. The van der Waals surface area contributed by atoms with Crippen molar-refractivity contribution in [2.24, 2.45) is 12.8 Å². The van der Waals surface area contributed by atoms with Crippen molar-refractivity contribution in [1.29, 1.82) is 0 Å². The highest BCUT2D eigenvalue weighted by molar-refractivity contribution is 6.06. The summed E-state index contributed by atoms with van der Waals surface area (Å²) in [6.07, 6.45) is 0. The van der Waals surface area contributed by atoms with Crippen LogP contribution in [0.25, 0.3) is 11.0 Å². The first-order chi connectivity index (χ1) is 11.4. The largest absolute Gasteiger partial charge is 0.366 e. The molecule has 0 saturated heterocycles. The summed E-state index contributed by atoms with van der Waals surface area (Å²) in [5, 5.41) is 2.48. The van der Waals surface area contributed by atoms with Crippen LogP contribution in [0.3, 0.4) is 0 Å². The second kappa shape index (κ2) is 5.77. The Balaban J connectivity index is 1.88. The van der Waals surface area contributed by atoms with Gasteiger partial charge in [-0.1, -0.05) is 0 Å². The predicted molar refractivity (Wildman–Crippen MR) is 88.3 cm³/mol. The van der Waals surface area contributed by atoms with E-state index >= 15 is 0 Å². The van der Waals surface area contributed by atoms with Crippen LogP contribution in [-0.2, 0) is 7.05 Å². The number of benzene rings is 2. The molecule has 0 bridgehead atoms. The molecule has 7 heteroatoms. The monoisotopic (exact) mass is 326 g/mol. The van der Waals surface area contributed by atoms with Crippen LogP contribution in [0.2, 0.25) is 0 Å². The van der Waals surface area contributed by atoms with E-state index in [1.54, 1.807) is 18.2 Å². The number of amides is 2. The lowest BCUT2D eigenvalue weighted by atomic mass is 10.1. The Morgan fingerprint density at radius 3 is 2.54 bits per heavy atom. The molecule has 3 N–H and O–H groups in total. The molecule has 2 aromatic carbocycles. The van der Waals surface area contributed by atoms with Crippen molar-refractivity contribution < 1.29 is 14.0 Å². The smallest absolute Gasteiger partial charge is 0.255 e. The fraction of sp³-hybridized carbons (Fsp3) is 0.118. The van der Waals surface area contributed by atoms with Crippen LogP contribution in [0.15, 0.2) is 36.4 Å². The SMILES string of the molecule is Cc1nc2cc(C(=O)Nc3ccc(C(N)=O)cc3F)ccc2n1C. The van der Waals surface area contributed by atoms with E-state index < -0.39 is 17.6 Å². The maximum Gasteiger partial charge on any atom is 0.255 e. The summed E-state index contributed by atoms with van der Waals surface area (Å²) in [6, 6.07) is 8.73. The second-order valence-corrected chi connectivity index (χ2v) is 5.43. The number of aromatic nitrogens is 2. The number of anilines is 1. The average molecular weight is 326 g/mol. The highest BCUT2D eigenvalue weighted by Crippen LogP contribution is 2.19. The van der Waals surface area contributed by atoms with E-state index in [0.717, 1.165) is 17.4 Å². The van der Waals surface area contributed by atoms with Crippen molar-refractivity contribution in [2.75, 3.05) is 5.32 Å². The average Bonchev–Trinajstić information content (AvgIpc) is 2.83. The summed E-state index contributed by atoms with van der Waals surface area (Å²) in [6.45, 7) is 1.87. The maximum absolute atomic E-state index is 14.0. The van der Waals surface area contributed by atoms with Crippen LogP contribution in [0.5, 0.6) is 0 Å². The van der Waals surface area contributed by atoms with Crippen LogP contribution in [0, 0.1) is 12.7 Å². The molecule has 1 aromatic heterocycles. The van der Waals surface area contributed by atoms with Crippen LogP contribution in [-0.4, -0.2) is 21.4 Å². The van der Waals surface area contributed by atoms with Crippen molar-refractivity contribution in [3.05, 3.63) is 59.2 Å². The molecule has 1 heterocycles. The number of fused-ring (bicyclic) bond motifs is 1. The fourth-order valence-electron chi connectivity index (χ4n) is 2.43.